The summed E-state index contributed by atoms with van der Waals surface area (Å²) in [6, 6.07) is 7.50. The van der Waals surface area contributed by atoms with Gasteiger partial charge in [0.25, 0.3) is 5.56 Å². The van der Waals surface area contributed by atoms with E-state index < -0.39 is 0 Å². The van der Waals surface area contributed by atoms with Crippen LogP contribution in [0.25, 0.3) is 0 Å². The predicted octanol–water partition coefficient (Wildman–Crippen LogP) is 2.89. The van der Waals surface area contributed by atoms with E-state index in [1.165, 1.54) is 4.68 Å². The van der Waals surface area contributed by atoms with E-state index in [1.54, 1.807) is 13.2 Å². The number of urea groups is 1. The van der Waals surface area contributed by atoms with E-state index in [0.29, 0.717) is 16.9 Å². The van der Waals surface area contributed by atoms with E-state index in [9.17, 15) is 9.59 Å². The van der Waals surface area contributed by atoms with Crippen molar-refractivity contribution in [1.29, 1.82) is 0 Å². The molecule has 1 aliphatic rings. The number of carbonyl (C=O) groups excluding carboxylic acids is 1. The van der Waals surface area contributed by atoms with Gasteiger partial charge in [0.2, 0.25) is 0 Å². The average Bonchev–Trinajstić information content (AvgIpc) is 2.67. The Kier molecular flexibility index (Phi) is 6.15. The van der Waals surface area contributed by atoms with Crippen molar-refractivity contribution < 1.29 is 4.79 Å². The Labute approximate surface area is 166 Å². The lowest BCUT2D eigenvalue weighted by atomic mass is 9.97. The summed E-state index contributed by atoms with van der Waals surface area (Å²) < 4.78 is 1.84. The predicted molar refractivity (Wildman–Crippen MR) is 110 cm³/mol. The maximum Gasteiger partial charge on any atom is 0.319 e. The largest absolute Gasteiger partial charge is 0.369 e. The molecule has 1 aromatic heterocycles. The van der Waals surface area contributed by atoms with Gasteiger partial charge >= 0.3 is 6.03 Å². The first kappa shape index (κ1) is 19.4. The number of anilines is 2. The molecule has 0 saturated carbocycles. The molecule has 1 atom stereocenters. The Bertz CT molecular complexity index is 865. The first-order valence-corrected chi connectivity index (χ1v) is 9.81. The molecule has 0 aliphatic carbocycles. The smallest absolute Gasteiger partial charge is 0.319 e. The number of piperidine rings is 1. The van der Waals surface area contributed by atoms with Crippen LogP contribution < -0.4 is 21.1 Å². The molecule has 7 nitrogen and oxygen atoms in total. The van der Waals surface area contributed by atoms with E-state index in [4.69, 9.17) is 0 Å². The quantitative estimate of drug-likeness (QED) is 0.776. The van der Waals surface area contributed by atoms with Crippen molar-refractivity contribution in [2.45, 2.75) is 19.8 Å². The zero-order valence-electron chi connectivity index (χ0n) is 15.5. The van der Waals surface area contributed by atoms with Crippen molar-refractivity contribution in [3.63, 3.8) is 0 Å². The number of hydrogen-bond donors (Lipinski definition) is 2. The maximum atomic E-state index is 12.1. The van der Waals surface area contributed by atoms with Crippen LogP contribution in [0.5, 0.6) is 0 Å². The topological polar surface area (TPSA) is 79.3 Å². The molecule has 144 valence electrons. The van der Waals surface area contributed by atoms with E-state index in [1.807, 2.05) is 31.2 Å². The molecule has 0 radical (unpaired) electrons. The van der Waals surface area contributed by atoms with Gasteiger partial charge in [-0.2, -0.15) is 5.10 Å². The third kappa shape index (κ3) is 4.88. The fourth-order valence-corrected chi connectivity index (χ4v) is 3.83. The Morgan fingerprint density at radius 3 is 2.81 bits per heavy atom. The SMILES string of the molecule is Cc1ccc(NC(=O)NCC2CCCN(c3cnn(C)c(=O)c3Br)C2)cc1. The molecule has 0 spiro atoms. The summed E-state index contributed by atoms with van der Waals surface area (Å²) in [5.74, 6) is 0.318. The number of rotatable bonds is 4. The van der Waals surface area contributed by atoms with E-state index in [0.717, 1.165) is 42.9 Å². The third-order valence-corrected chi connectivity index (χ3v) is 5.53. The van der Waals surface area contributed by atoms with Crippen LogP contribution in [0.3, 0.4) is 0 Å². The van der Waals surface area contributed by atoms with Gasteiger partial charge in [-0.25, -0.2) is 9.48 Å². The Balaban J connectivity index is 1.55. The molecule has 1 fully saturated rings. The minimum Gasteiger partial charge on any atom is -0.369 e. The monoisotopic (exact) mass is 433 g/mol. The summed E-state index contributed by atoms with van der Waals surface area (Å²) in [7, 11) is 1.63. The maximum absolute atomic E-state index is 12.1. The van der Waals surface area contributed by atoms with Crippen LogP contribution in [0.4, 0.5) is 16.2 Å². The number of nitrogens with zero attached hydrogens (tertiary/aromatic N) is 3. The van der Waals surface area contributed by atoms with Crippen LogP contribution in [0.15, 0.2) is 39.7 Å². The molecule has 8 heteroatoms. The van der Waals surface area contributed by atoms with Crippen LogP contribution >= 0.6 is 15.9 Å². The zero-order valence-corrected chi connectivity index (χ0v) is 17.1. The minimum absolute atomic E-state index is 0.148. The van der Waals surface area contributed by atoms with E-state index in [2.05, 4.69) is 36.6 Å². The second-order valence-electron chi connectivity index (χ2n) is 6.93. The second kappa shape index (κ2) is 8.56. The highest BCUT2D eigenvalue weighted by molar-refractivity contribution is 9.10. The summed E-state index contributed by atoms with van der Waals surface area (Å²) in [5, 5.41) is 9.92. The Morgan fingerprint density at radius 2 is 2.07 bits per heavy atom. The van der Waals surface area contributed by atoms with Gasteiger partial charge in [-0.1, -0.05) is 17.7 Å². The average molecular weight is 434 g/mol. The summed E-state index contributed by atoms with van der Waals surface area (Å²) >= 11 is 3.40. The highest BCUT2D eigenvalue weighted by Gasteiger charge is 2.23. The summed E-state index contributed by atoms with van der Waals surface area (Å²) in [6.07, 6.45) is 3.76. The standard InChI is InChI=1S/C19H24BrN5O2/c1-13-5-7-15(8-6-13)23-19(27)21-10-14-4-3-9-25(12-14)16-11-22-24(2)18(26)17(16)20/h5-8,11,14H,3-4,9-10,12H2,1-2H3,(H2,21,23,27). The minimum atomic E-state index is -0.201. The molecule has 1 saturated heterocycles. The lowest BCUT2D eigenvalue weighted by molar-refractivity contribution is 0.249. The van der Waals surface area contributed by atoms with Gasteiger partial charge in [0.05, 0.1) is 11.9 Å². The summed E-state index contributed by atoms with van der Waals surface area (Å²) in [4.78, 5) is 26.4. The van der Waals surface area contributed by atoms with Crippen LogP contribution in [0.1, 0.15) is 18.4 Å². The molecule has 2 heterocycles. The van der Waals surface area contributed by atoms with Gasteiger partial charge in [-0.3, -0.25) is 4.79 Å². The number of nitrogens with one attached hydrogen (secondary N) is 2. The van der Waals surface area contributed by atoms with Crippen molar-refractivity contribution in [1.82, 2.24) is 15.1 Å². The van der Waals surface area contributed by atoms with Crippen LogP contribution in [0.2, 0.25) is 0 Å². The zero-order chi connectivity index (χ0) is 19.4. The fourth-order valence-electron chi connectivity index (χ4n) is 3.22. The molecular weight excluding hydrogens is 410 g/mol. The normalized spacial score (nSPS) is 16.9. The van der Waals surface area contributed by atoms with E-state index in [-0.39, 0.29) is 11.6 Å². The van der Waals surface area contributed by atoms with Crippen molar-refractivity contribution in [3.8, 4) is 0 Å². The molecule has 1 unspecified atom stereocenters. The Hall–Kier alpha value is -2.35. The van der Waals surface area contributed by atoms with Gasteiger partial charge in [-0.05, 0) is 53.7 Å². The molecule has 1 aromatic carbocycles. The number of hydrogen-bond acceptors (Lipinski definition) is 4. The number of halogens is 1. The molecular formula is C19H24BrN5O2. The van der Waals surface area contributed by atoms with Crippen LogP contribution in [-0.2, 0) is 7.05 Å². The van der Waals surface area contributed by atoms with Gasteiger partial charge < -0.3 is 15.5 Å². The van der Waals surface area contributed by atoms with Crippen LogP contribution in [0, 0.1) is 12.8 Å². The third-order valence-electron chi connectivity index (χ3n) is 4.78. The second-order valence-corrected chi connectivity index (χ2v) is 7.72. The van der Waals surface area contributed by atoms with E-state index >= 15 is 0 Å². The Morgan fingerprint density at radius 1 is 1.33 bits per heavy atom. The van der Waals surface area contributed by atoms with Crippen molar-refractivity contribution in [2.24, 2.45) is 13.0 Å². The molecule has 2 N–H and O–H groups in total. The lowest BCUT2D eigenvalue weighted by Gasteiger charge is -2.34. The number of benzene rings is 1. The number of amides is 2. The number of aromatic nitrogens is 2. The molecule has 0 bridgehead atoms. The summed E-state index contributed by atoms with van der Waals surface area (Å²) in [5.41, 5.74) is 2.59. The first-order valence-electron chi connectivity index (χ1n) is 9.02. The number of aryl methyl sites for hydroxylation is 2. The molecule has 3 rings (SSSR count). The highest BCUT2D eigenvalue weighted by Crippen LogP contribution is 2.26. The molecule has 1 aliphatic heterocycles. The summed E-state index contributed by atoms with van der Waals surface area (Å²) in [6.45, 7) is 4.25. The van der Waals surface area contributed by atoms with Gasteiger partial charge in [0, 0.05) is 32.4 Å². The molecule has 2 amide bonds. The number of carbonyl (C=O) groups is 1. The fraction of sp³-hybridized carbons (Fsp3) is 0.421. The lowest BCUT2D eigenvalue weighted by Crippen LogP contribution is -2.42. The molecule has 2 aromatic rings. The van der Waals surface area contributed by atoms with Crippen molar-refractivity contribution >= 4 is 33.3 Å². The molecule has 27 heavy (non-hydrogen) atoms. The van der Waals surface area contributed by atoms with Crippen molar-refractivity contribution in [2.75, 3.05) is 29.9 Å². The highest BCUT2D eigenvalue weighted by atomic mass is 79.9. The van der Waals surface area contributed by atoms with Gasteiger partial charge in [0.15, 0.2) is 0 Å². The first-order chi connectivity index (χ1) is 12.9. The van der Waals surface area contributed by atoms with Crippen molar-refractivity contribution in [3.05, 3.63) is 50.9 Å². The van der Waals surface area contributed by atoms with Gasteiger partial charge in [-0.15, -0.1) is 0 Å². The van der Waals surface area contributed by atoms with Gasteiger partial charge in [0.1, 0.15) is 4.47 Å². The van der Waals surface area contributed by atoms with Crippen LogP contribution in [-0.4, -0.2) is 35.4 Å².